The predicted molar refractivity (Wildman–Crippen MR) is 85.8 cm³/mol. The summed E-state index contributed by atoms with van der Waals surface area (Å²) in [6.45, 7) is 4.24. The van der Waals surface area contributed by atoms with E-state index in [4.69, 9.17) is 0 Å². The number of hydrogen-bond acceptors (Lipinski definition) is 1. The summed E-state index contributed by atoms with van der Waals surface area (Å²) in [7, 11) is 0. The summed E-state index contributed by atoms with van der Waals surface area (Å²) in [5.41, 5.74) is 1.94. The summed E-state index contributed by atoms with van der Waals surface area (Å²) in [5, 5.41) is 0. The number of carbonyl (C=O) groups excluding carboxylic acids is 1. The van der Waals surface area contributed by atoms with Crippen LogP contribution in [0.5, 0.6) is 0 Å². The lowest BCUT2D eigenvalue weighted by Gasteiger charge is -2.06. The van der Waals surface area contributed by atoms with Crippen molar-refractivity contribution in [2.75, 3.05) is 0 Å². The van der Waals surface area contributed by atoms with Crippen molar-refractivity contribution in [3.05, 3.63) is 33.8 Å². The molecular formula is C17H25BrO. The topological polar surface area (TPSA) is 17.1 Å². The Labute approximate surface area is 125 Å². The molecule has 0 N–H and O–H groups in total. The summed E-state index contributed by atoms with van der Waals surface area (Å²) >= 11 is 3.48. The van der Waals surface area contributed by atoms with Gasteiger partial charge in [-0.05, 0) is 25.0 Å². The van der Waals surface area contributed by atoms with Crippen molar-refractivity contribution in [1.29, 1.82) is 0 Å². The number of halogens is 1. The van der Waals surface area contributed by atoms with E-state index in [1.807, 2.05) is 25.1 Å². The lowest BCUT2D eigenvalue weighted by molar-refractivity contribution is 0.0978. The van der Waals surface area contributed by atoms with E-state index in [9.17, 15) is 4.79 Å². The van der Waals surface area contributed by atoms with Gasteiger partial charge in [0.05, 0.1) is 0 Å². The molecule has 19 heavy (non-hydrogen) atoms. The number of unbranched alkanes of at least 4 members (excludes halogenated alkanes) is 6. The Balaban J connectivity index is 2.26. The van der Waals surface area contributed by atoms with Crippen LogP contribution in [0.4, 0.5) is 0 Å². The van der Waals surface area contributed by atoms with Gasteiger partial charge >= 0.3 is 0 Å². The molecule has 0 spiro atoms. The lowest BCUT2D eigenvalue weighted by atomic mass is 10.00. The molecule has 0 saturated carbocycles. The zero-order valence-corrected chi connectivity index (χ0v) is 13.8. The Morgan fingerprint density at radius 2 is 1.68 bits per heavy atom. The smallest absolute Gasteiger partial charge is 0.163 e. The third-order valence-corrected chi connectivity index (χ3v) is 4.43. The molecule has 0 aliphatic carbocycles. The molecule has 1 aromatic carbocycles. The largest absolute Gasteiger partial charge is 0.294 e. The highest BCUT2D eigenvalue weighted by atomic mass is 79.9. The fraction of sp³-hybridized carbons (Fsp3) is 0.588. The minimum atomic E-state index is 0.285. The number of rotatable bonds is 9. The third kappa shape index (κ3) is 5.90. The van der Waals surface area contributed by atoms with Gasteiger partial charge in [-0.1, -0.05) is 73.5 Å². The van der Waals surface area contributed by atoms with Gasteiger partial charge < -0.3 is 0 Å². The van der Waals surface area contributed by atoms with E-state index in [0.717, 1.165) is 22.0 Å². The zero-order chi connectivity index (χ0) is 14.1. The van der Waals surface area contributed by atoms with E-state index in [0.29, 0.717) is 6.42 Å². The van der Waals surface area contributed by atoms with Crippen molar-refractivity contribution in [3.63, 3.8) is 0 Å². The Hall–Kier alpha value is -0.630. The van der Waals surface area contributed by atoms with Crippen LogP contribution >= 0.6 is 15.9 Å². The maximum Gasteiger partial charge on any atom is 0.163 e. The third-order valence-electron chi connectivity index (χ3n) is 3.58. The fourth-order valence-corrected chi connectivity index (χ4v) is 2.65. The minimum Gasteiger partial charge on any atom is -0.294 e. The van der Waals surface area contributed by atoms with Crippen LogP contribution in [0, 0.1) is 6.92 Å². The fourth-order valence-electron chi connectivity index (χ4n) is 2.29. The molecule has 0 bridgehead atoms. The van der Waals surface area contributed by atoms with Crippen LogP contribution in [-0.4, -0.2) is 5.78 Å². The Kier molecular flexibility index (Phi) is 8.04. The van der Waals surface area contributed by atoms with Crippen molar-refractivity contribution in [2.45, 2.75) is 65.2 Å². The maximum absolute atomic E-state index is 12.1. The van der Waals surface area contributed by atoms with Crippen molar-refractivity contribution in [2.24, 2.45) is 0 Å². The zero-order valence-electron chi connectivity index (χ0n) is 12.2. The molecule has 0 unspecified atom stereocenters. The van der Waals surface area contributed by atoms with Gasteiger partial charge in [-0.2, -0.15) is 0 Å². The van der Waals surface area contributed by atoms with Crippen LogP contribution in [0.2, 0.25) is 0 Å². The van der Waals surface area contributed by atoms with Gasteiger partial charge in [0, 0.05) is 16.5 Å². The first-order valence-corrected chi connectivity index (χ1v) is 8.24. The van der Waals surface area contributed by atoms with Crippen molar-refractivity contribution < 1.29 is 4.79 Å². The van der Waals surface area contributed by atoms with Crippen LogP contribution < -0.4 is 0 Å². The molecule has 0 radical (unpaired) electrons. The van der Waals surface area contributed by atoms with Crippen LogP contribution in [0.25, 0.3) is 0 Å². The molecule has 0 heterocycles. The SMILES string of the molecule is CCCCCCCCCC(=O)c1cccc(Br)c1C. The monoisotopic (exact) mass is 324 g/mol. The first-order valence-electron chi connectivity index (χ1n) is 7.45. The Morgan fingerprint density at radius 1 is 1.05 bits per heavy atom. The van der Waals surface area contributed by atoms with Crippen LogP contribution in [0.3, 0.4) is 0 Å². The maximum atomic E-state index is 12.1. The summed E-state index contributed by atoms with van der Waals surface area (Å²) < 4.78 is 1.03. The van der Waals surface area contributed by atoms with Crippen LogP contribution in [0.15, 0.2) is 22.7 Å². The number of carbonyl (C=O) groups is 1. The van der Waals surface area contributed by atoms with Gasteiger partial charge in [-0.25, -0.2) is 0 Å². The number of Topliss-reactive ketones (excluding diaryl/α,β-unsaturated/α-hetero) is 1. The van der Waals surface area contributed by atoms with E-state index in [1.165, 1.54) is 38.5 Å². The summed E-state index contributed by atoms with van der Waals surface area (Å²) in [5.74, 6) is 0.285. The Morgan fingerprint density at radius 3 is 2.37 bits per heavy atom. The normalized spacial score (nSPS) is 10.7. The van der Waals surface area contributed by atoms with Crippen molar-refractivity contribution >= 4 is 21.7 Å². The average Bonchev–Trinajstić information content (AvgIpc) is 2.40. The molecule has 1 rings (SSSR count). The van der Waals surface area contributed by atoms with E-state index < -0.39 is 0 Å². The molecular weight excluding hydrogens is 300 g/mol. The number of ketones is 1. The molecule has 0 aliphatic rings. The first-order chi connectivity index (χ1) is 9.16. The van der Waals surface area contributed by atoms with Gasteiger partial charge in [-0.3, -0.25) is 4.79 Å². The highest BCUT2D eigenvalue weighted by Gasteiger charge is 2.10. The lowest BCUT2D eigenvalue weighted by Crippen LogP contribution is -2.02. The average molecular weight is 325 g/mol. The Bertz CT molecular complexity index is 398. The van der Waals surface area contributed by atoms with E-state index in [2.05, 4.69) is 22.9 Å². The molecule has 2 heteroatoms. The predicted octanol–water partition coefficient (Wildman–Crippen LogP) is 6.08. The van der Waals surface area contributed by atoms with Gasteiger partial charge in [0.2, 0.25) is 0 Å². The second kappa shape index (κ2) is 9.30. The standard InChI is InChI=1S/C17H25BrO/c1-3-4-5-6-7-8-9-13-17(19)15-11-10-12-16(18)14(15)2/h10-12H,3-9,13H2,1-2H3. The molecule has 106 valence electrons. The molecule has 0 atom stereocenters. The van der Waals surface area contributed by atoms with E-state index >= 15 is 0 Å². The number of benzene rings is 1. The van der Waals surface area contributed by atoms with Gasteiger partial charge in [-0.15, -0.1) is 0 Å². The molecule has 1 nitrogen and oxygen atoms in total. The van der Waals surface area contributed by atoms with Crippen molar-refractivity contribution in [1.82, 2.24) is 0 Å². The summed E-state index contributed by atoms with van der Waals surface area (Å²) in [6.07, 6.45) is 9.46. The highest BCUT2D eigenvalue weighted by Crippen LogP contribution is 2.21. The van der Waals surface area contributed by atoms with Gasteiger partial charge in [0.1, 0.15) is 0 Å². The van der Waals surface area contributed by atoms with Gasteiger partial charge in [0.25, 0.3) is 0 Å². The number of hydrogen-bond donors (Lipinski definition) is 0. The van der Waals surface area contributed by atoms with E-state index in [1.54, 1.807) is 0 Å². The van der Waals surface area contributed by atoms with Crippen molar-refractivity contribution in [3.8, 4) is 0 Å². The van der Waals surface area contributed by atoms with Gasteiger partial charge in [0.15, 0.2) is 5.78 Å². The summed E-state index contributed by atoms with van der Waals surface area (Å²) in [6, 6.07) is 5.86. The second-order valence-electron chi connectivity index (χ2n) is 5.21. The quantitative estimate of drug-likeness (QED) is 0.397. The second-order valence-corrected chi connectivity index (χ2v) is 6.06. The summed E-state index contributed by atoms with van der Waals surface area (Å²) in [4.78, 5) is 12.1. The molecule has 0 aromatic heterocycles. The molecule has 0 fully saturated rings. The van der Waals surface area contributed by atoms with E-state index in [-0.39, 0.29) is 5.78 Å². The van der Waals surface area contributed by atoms with Crippen LogP contribution in [-0.2, 0) is 0 Å². The molecule has 0 aliphatic heterocycles. The molecule has 1 aromatic rings. The molecule has 0 amide bonds. The molecule has 0 saturated heterocycles. The minimum absolute atomic E-state index is 0.285. The highest BCUT2D eigenvalue weighted by molar-refractivity contribution is 9.10. The first kappa shape index (κ1) is 16.4. The van der Waals surface area contributed by atoms with Crippen LogP contribution in [0.1, 0.15) is 74.2 Å².